The maximum absolute atomic E-state index is 7.75. The van der Waals surface area contributed by atoms with E-state index in [0.717, 1.165) is 6.54 Å². The lowest BCUT2D eigenvalue weighted by Gasteiger charge is -2.24. The van der Waals surface area contributed by atoms with Gasteiger partial charge in [0.15, 0.2) is 5.96 Å². The molecule has 0 bridgehead atoms. The molecule has 1 N–H and O–H groups in total. The van der Waals surface area contributed by atoms with E-state index in [9.17, 15) is 0 Å². The molecule has 0 saturated carbocycles. The van der Waals surface area contributed by atoms with Crippen LogP contribution in [0.1, 0.15) is 5.56 Å². The predicted molar refractivity (Wildman–Crippen MR) is 59.3 cm³/mol. The summed E-state index contributed by atoms with van der Waals surface area (Å²) in [4.78, 5) is 3.71. The number of hydrogen-bond donors (Lipinski definition) is 1. The van der Waals surface area contributed by atoms with Crippen molar-refractivity contribution in [3.63, 3.8) is 0 Å². The van der Waals surface area contributed by atoms with Crippen molar-refractivity contribution < 1.29 is 0 Å². The lowest BCUT2D eigenvalue weighted by molar-refractivity contribution is 0.415. The molecule has 0 saturated heterocycles. The van der Waals surface area contributed by atoms with E-state index in [2.05, 4.69) is 12.1 Å². The van der Waals surface area contributed by atoms with Crippen molar-refractivity contribution in [2.75, 3.05) is 21.1 Å². The van der Waals surface area contributed by atoms with Crippen molar-refractivity contribution in [1.82, 2.24) is 9.80 Å². The van der Waals surface area contributed by atoms with Gasteiger partial charge in [-0.1, -0.05) is 30.3 Å². The molecule has 0 fully saturated rings. The third-order valence-electron chi connectivity index (χ3n) is 2.05. The van der Waals surface area contributed by atoms with Crippen LogP contribution in [0.2, 0.25) is 0 Å². The maximum Gasteiger partial charge on any atom is 0.193 e. The van der Waals surface area contributed by atoms with E-state index in [4.69, 9.17) is 5.41 Å². The second-order valence-electron chi connectivity index (χ2n) is 3.56. The van der Waals surface area contributed by atoms with Crippen molar-refractivity contribution in [2.45, 2.75) is 6.54 Å². The fraction of sp³-hybridized carbons (Fsp3) is 0.364. The van der Waals surface area contributed by atoms with E-state index in [1.807, 2.05) is 44.2 Å². The lowest BCUT2D eigenvalue weighted by atomic mass is 10.2. The number of guanidine groups is 1. The number of benzene rings is 1. The number of rotatable bonds is 2. The molecule has 0 unspecified atom stereocenters. The molecule has 0 radical (unpaired) electrons. The van der Waals surface area contributed by atoms with Gasteiger partial charge in [0.1, 0.15) is 0 Å². The monoisotopic (exact) mass is 191 g/mol. The van der Waals surface area contributed by atoms with Crippen LogP contribution < -0.4 is 0 Å². The van der Waals surface area contributed by atoms with Crippen LogP contribution in [0.5, 0.6) is 0 Å². The van der Waals surface area contributed by atoms with E-state index in [0.29, 0.717) is 5.96 Å². The zero-order valence-electron chi connectivity index (χ0n) is 8.99. The average Bonchev–Trinajstić information content (AvgIpc) is 2.18. The summed E-state index contributed by atoms with van der Waals surface area (Å²) < 4.78 is 0. The van der Waals surface area contributed by atoms with Gasteiger partial charge in [0, 0.05) is 27.7 Å². The first-order valence-electron chi connectivity index (χ1n) is 4.62. The first kappa shape index (κ1) is 10.6. The van der Waals surface area contributed by atoms with E-state index in [1.165, 1.54) is 5.56 Å². The van der Waals surface area contributed by atoms with Crippen molar-refractivity contribution in [2.24, 2.45) is 0 Å². The van der Waals surface area contributed by atoms with Gasteiger partial charge in [-0.15, -0.1) is 0 Å². The van der Waals surface area contributed by atoms with Crippen LogP contribution in [0.25, 0.3) is 0 Å². The Bertz CT molecular complexity index is 293. The van der Waals surface area contributed by atoms with E-state index >= 15 is 0 Å². The van der Waals surface area contributed by atoms with Gasteiger partial charge in [-0.3, -0.25) is 5.41 Å². The second kappa shape index (κ2) is 4.65. The fourth-order valence-corrected chi connectivity index (χ4v) is 1.27. The molecule has 1 aromatic rings. The summed E-state index contributed by atoms with van der Waals surface area (Å²) in [7, 11) is 5.68. The molecule has 0 amide bonds. The third-order valence-corrected chi connectivity index (χ3v) is 2.05. The molecule has 0 atom stereocenters. The van der Waals surface area contributed by atoms with Gasteiger partial charge in [0.2, 0.25) is 0 Å². The molecular formula is C11H17N3. The van der Waals surface area contributed by atoms with Gasteiger partial charge in [0.05, 0.1) is 0 Å². The van der Waals surface area contributed by atoms with Crippen LogP contribution in [0.15, 0.2) is 30.3 Å². The summed E-state index contributed by atoms with van der Waals surface area (Å²) in [5.41, 5.74) is 1.22. The zero-order chi connectivity index (χ0) is 10.6. The highest BCUT2D eigenvalue weighted by Crippen LogP contribution is 2.03. The van der Waals surface area contributed by atoms with Crippen LogP contribution in [0.3, 0.4) is 0 Å². The van der Waals surface area contributed by atoms with Crippen molar-refractivity contribution in [3.05, 3.63) is 35.9 Å². The molecule has 0 aliphatic carbocycles. The van der Waals surface area contributed by atoms with Gasteiger partial charge in [-0.2, -0.15) is 0 Å². The Morgan fingerprint density at radius 3 is 2.21 bits per heavy atom. The first-order valence-corrected chi connectivity index (χ1v) is 4.62. The van der Waals surface area contributed by atoms with E-state index in [-0.39, 0.29) is 0 Å². The minimum absolute atomic E-state index is 0.522. The molecule has 14 heavy (non-hydrogen) atoms. The topological polar surface area (TPSA) is 30.3 Å². The highest BCUT2D eigenvalue weighted by Gasteiger charge is 2.05. The van der Waals surface area contributed by atoms with Crippen LogP contribution in [-0.4, -0.2) is 36.9 Å². The number of hydrogen-bond acceptors (Lipinski definition) is 1. The summed E-state index contributed by atoms with van der Waals surface area (Å²) in [6.45, 7) is 0.776. The summed E-state index contributed by atoms with van der Waals surface area (Å²) in [6.07, 6.45) is 0. The summed E-state index contributed by atoms with van der Waals surface area (Å²) in [5, 5.41) is 7.75. The Balaban J connectivity index is 2.57. The van der Waals surface area contributed by atoms with Crippen LogP contribution in [0.4, 0.5) is 0 Å². The van der Waals surface area contributed by atoms with Crippen LogP contribution in [-0.2, 0) is 6.54 Å². The summed E-state index contributed by atoms with van der Waals surface area (Å²) >= 11 is 0. The Morgan fingerprint density at radius 2 is 1.71 bits per heavy atom. The SMILES string of the molecule is CN(C)C(=N)N(C)Cc1ccccc1. The fourth-order valence-electron chi connectivity index (χ4n) is 1.27. The molecule has 1 rings (SSSR count). The summed E-state index contributed by atoms with van der Waals surface area (Å²) in [6, 6.07) is 10.2. The minimum atomic E-state index is 0.522. The minimum Gasteiger partial charge on any atom is -0.349 e. The number of nitrogens with zero attached hydrogens (tertiary/aromatic N) is 2. The van der Waals surface area contributed by atoms with Crippen LogP contribution in [0, 0.1) is 5.41 Å². The van der Waals surface area contributed by atoms with Crippen LogP contribution >= 0.6 is 0 Å². The molecule has 3 nitrogen and oxygen atoms in total. The van der Waals surface area contributed by atoms with Crippen molar-refractivity contribution >= 4 is 5.96 Å². The molecule has 0 aliphatic heterocycles. The molecule has 0 spiro atoms. The van der Waals surface area contributed by atoms with Gasteiger partial charge in [-0.25, -0.2) is 0 Å². The smallest absolute Gasteiger partial charge is 0.193 e. The molecule has 0 aliphatic rings. The van der Waals surface area contributed by atoms with Gasteiger partial charge < -0.3 is 9.80 Å². The normalized spacial score (nSPS) is 9.64. The second-order valence-corrected chi connectivity index (χ2v) is 3.56. The standard InChI is InChI=1S/C11H17N3/c1-13(2)11(12)14(3)9-10-7-5-4-6-8-10/h4-8,12H,9H2,1-3H3. The molecular weight excluding hydrogens is 174 g/mol. The Labute approximate surface area is 85.5 Å². The van der Waals surface area contributed by atoms with Crippen molar-refractivity contribution in [1.29, 1.82) is 5.41 Å². The lowest BCUT2D eigenvalue weighted by Crippen LogP contribution is -2.36. The Kier molecular flexibility index (Phi) is 3.51. The van der Waals surface area contributed by atoms with Gasteiger partial charge in [-0.05, 0) is 5.56 Å². The molecule has 3 heteroatoms. The maximum atomic E-state index is 7.75. The molecule has 76 valence electrons. The largest absolute Gasteiger partial charge is 0.349 e. The van der Waals surface area contributed by atoms with Crippen molar-refractivity contribution in [3.8, 4) is 0 Å². The molecule has 1 aromatic carbocycles. The summed E-state index contributed by atoms with van der Waals surface area (Å²) in [5.74, 6) is 0.522. The third kappa shape index (κ3) is 2.76. The first-order chi connectivity index (χ1) is 6.61. The van der Waals surface area contributed by atoms with Gasteiger partial charge >= 0.3 is 0 Å². The molecule has 0 aromatic heterocycles. The highest BCUT2D eigenvalue weighted by molar-refractivity contribution is 5.75. The number of nitrogens with one attached hydrogen (secondary N) is 1. The zero-order valence-corrected chi connectivity index (χ0v) is 8.99. The average molecular weight is 191 g/mol. The Hall–Kier alpha value is -1.51. The molecule has 0 heterocycles. The highest BCUT2D eigenvalue weighted by atomic mass is 15.3. The predicted octanol–water partition coefficient (Wildman–Crippen LogP) is 1.61. The Morgan fingerprint density at radius 1 is 1.14 bits per heavy atom. The van der Waals surface area contributed by atoms with E-state index < -0.39 is 0 Å². The quantitative estimate of drug-likeness (QED) is 0.568. The van der Waals surface area contributed by atoms with E-state index in [1.54, 1.807) is 4.90 Å². The van der Waals surface area contributed by atoms with Gasteiger partial charge in [0.25, 0.3) is 0 Å².